The molecule has 0 spiro atoms. The Morgan fingerprint density at radius 3 is 2.35 bits per heavy atom. The Bertz CT molecular complexity index is 977. The second-order valence-electron chi connectivity index (χ2n) is 4.86. The van der Waals surface area contributed by atoms with Gasteiger partial charge in [0, 0.05) is 11.6 Å². The molecule has 0 amide bonds. The molecule has 0 bridgehead atoms. The third kappa shape index (κ3) is 2.79. The molecule has 23 heavy (non-hydrogen) atoms. The van der Waals surface area contributed by atoms with Crippen molar-refractivity contribution in [3.63, 3.8) is 0 Å². The quantitative estimate of drug-likeness (QED) is 0.708. The second-order valence-corrected chi connectivity index (χ2v) is 6.78. The van der Waals surface area contributed by atoms with Crippen LogP contribution in [0.25, 0.3) is 10.9 Å². The lowest BCUT2D eigenvalue weighted by Gasteiger charge is -2.10. The van der Waals surface area contributed by atoms with E-state index in [1.54, 1.807) is 18.2 Å². The van der Waals surface area contributed by atoms with Gasteiger partial charge in [-0.05, 0) is 30.3 Å². The third-order valence-corrected chi connectivity index (χ3v) is 5.14. The van der Waals surface area contributed by atoms with Crippen molar-refractivity contribution < 1.29 is 21.6 Å². The fourth-order valence-corrected chi connectivity index (χ4v) is 3.74. The van der Waals surface area contributed by atoms with E-state index < -0.39 is 26.5 Å². The maximum absolute atomic E-state index is 12.8. The van der Waals surface area contributed by atoms with Crippen LogP contribution in [0.15, 0.2) is 70.6 Å². The number of hydrogen-bond acceptors (Lipinski definition) is 3. The number of halogens is 3. The van der Waals surface area contributed by atoms with Gasteiger partial charge in [0.1, 0.15) is 0 Å². The van der Waals surface area contributed by atoms with E-state index in [9.17, 15) is 21.6 Å². The molecule has 118 valence electrons. The SMILES string of the molecule is O=S(=O)(c1cccc(C(F)(F)F)c1)c1cccc2cccnc12. The van der Waals surface area contributed by atoms with Crippen molar-refractivity contribution in [3.05, 3.63) is 66.4 Å². The summed E-state index contributed by atoms with van der Waals surface area (Å²) in [7, 11) is -4.11. The summed E-state index contributed by atoms with van der Waals surface area (Å²) in [6, 6.07) is 11.6. The Kier molecular flexibility index (Phi) is 3.60. The summed E-state index contributed by atoms with van der Waals surface area (Å²) in [4.78, 5) is 3.52. The Labute approximate surface area is 130 Å². The van der Waals surface area contributed by atoms with Gasteiger partial charge < -0.3 is 0 Å². The maximum atomic E-state index is 12.8. The minimum atomic E-state index is -4.61. The third-order valence-electron chi connectivity index (χ3n) is 3.36. The van der Waals surface area contributed by atoms with E-state index in [4.69, 9.17) is 0 Å². The van der Waals surface area contributed by atoms with E-state index in [-0.39, 0.29) is 10.4 Å². The molecule has 0 unspecified atom stereocenters. The summed E-state index contributed by atoms with van der Waals surface area (Å²) < 4.78 is 63.9. The van der Waals surface area contributed by atoms with Crippen LogP contribution in [-0.2, 0) is 16.0 Å². The minimum absolute atomic E-state index is 0.116. The summed E-state index contributed by atoms with van der Waals surface area (Å²) in [5.74, 6) is 0. The molecule has 1 heterocycles. The van der Waals surface area contributed by atoms with Crippen LogP contribution in [0.5, 0.6) is 0 Å². The van der Waals surface area contributed by atoms with Gasteiger partial charge in [-0.1, -0.05) is 24.3 Å². The zero-order valence-corrected chi connectivity index (χ0v) is 12.4. The number of rotatable bonds is 2. The number of hydrogen-bond donors (Lipinski definition) is 0. The maximum Gasteiger partial charge on any atom is 0.416 e. The van der Waals surface area contributed by atoms with E-state index in [2.05, 4.69) is 4.98 Å². The molecule has 0 saturated carbocycles. The topological polar surface area (TPSA) is 47.0 Å². The van der Waals surface area contributed by atoms with E-state index in [0.29, 0.717) is 11.5 Å². The lowest BCUT2D eigenvalue weighted by Crippen LogP contribution is -2.08. The average molecular weight is 337 g/mol. The van der Waals surface area contributed by atoms with Crippen molar-refractivity contribution >= 4 is 20.7 Å². The van der Waals surface area contributed by atoms with Crippen LogP contribution in [0.4, 0.5) is 13.2 Å². The smallest absolute Gasteiger partial charge is 0.255 e. The van der Waals surface area contributed by atoms with E-state index in [1.165, 1.54) is 18.3 Å². The van der Waals surface area contributed by atoms with Gasteiger partial charge in [-0.3, -0.25) is 4.98 Å². The molecular weight excluding hydrogens is 327 g/mol. The number of nitrogens with zero attached hydrogens (tertiary/aromatic N) is 1. The fourth-order valence-electron chi connectivity index (χ4n) is 2.26. The molecule has 0 fully saturated rings. The molecule has 1 aromatic heterocycles. The van der Waals surface area contributed by atoms with Crippen LogP contribution in [-0.4, -0.2) is 13.4 Å². The zero-order valence-electron chi connectivity index (χ0n) is 11.6. The van der Waals surface area contributed by atoms with Crippen molar-refractivity contribution in [2.45, 2.75) is 16.0 Å². The molecule has 0 aliphatic carbocycles. The number of fused-ring (bicyclic) bond motifs is 1. The Morgan fingerprint density at radius 2 is 1.61 bits per heavy atom. The van der Waals surface area contributed by atoms with E-state index >= 15 is 0 Å². The van der Waals surface area contributed by atoms with Crippen molar-refractivity contribution in [1.29, 1.82) is 0 Å². The molecule has 2 aromatic carbocycles. The van der Waals surface area contributed by atoms with Crippen molar-refractivity contribution in [2.24, 2.45) is 0 Å². The highest BCUT2D eigenvalue weighted by Gasteiger charge is 2.32. The van der Waals surface area contributed by atoms with Crippen LogP contribution < -0.4 is 0 Å². The summed E-state index contributed by atoms with van der Waals surface area (Å²) in [6.07, 6.45) is -3.17. The van der Waals surface area contributed by atoms with Crippen LogP contribution in [0.1, 0.15) is 5.56 Å². The highest BCUT2D eigenvalue weighted by molar-refractivity contribution is 7.91. The number of pyridine rings is 1. The molecule has 7 heteroatoms. The predicted molar refractivity (Wildman–Crippen MR) is 78.6 cm³/mol. The molecule has 0 radical (unpaired) electrons. The van der Waals surface area contributed by atoms with Crippen LogP contribution >= 0.6 is 0 Å². The van der Waals surface area contributed by atoms with Gasteiger partial charge in [0.05, 0.1) is 20.9 Å². The number of alkyl halides is 3. The Morgan fingerprint density at radius 1 is 0.913 bits per heavy atom. The fraction of sp³-hybridized carbons (Fsp3) is 0.0625. The van der Waals surface area contributed by atoms with Gasteiger partial charge in [-0.25, -0.2) is 8.42 Å². The second kappa shape index (κ2) is 5.34. The Hall–Kier alpha value is -2.41. The van der Waals surface area contributed by atoms with Crippen LogP contribution in [0.3, 0.4) is 0 Å². The monoisotopic (exact) mass is 337 g/mol. The Balaban J connectivity index is 2.23. The summed E-state index contributed by atoms with van der Waals surface area (Å²) >= 11 is 0. The van der Waals surface area contributed by atoms with Gasteiger partial charge in [-0.2, -0.15) is 13.2 Å². The molecule has 0 aliphatic heterocycles. The van der Waals surface area contributed by atoms with Crippen molar-refractivity contribution in [3.8, 4) is 0 Å². The lowest BCUT2D eigenvalue weighted by molar-refractivity contribution is -0.137. The van der Waals surface area contributed by atoms with Gasteiger partial charge in [0.25, 0.3) is 0 Å². The van der Waals surface area contributed by atoms with Gasteiger partial charge in [0.15, 0.2) is 0 Å². The molecule has 3 nitrogen and oxygen atoms in total. The first-order valence-electron chi connectivity index (χ1n) is 6.56. The normalized spacial score (nSPS) is 12.5. The molecule has 0 aliphatic rings. The highest BCUT2D eigenvalue weighted by atomic mass is 32.2. The van der Waals surface area contributed by atoms with Crippen LogP contribution in [0.2, 0.25) is 0 Å². The van der Waals surface area contributed by atoms with Crippen molar-refractivity contribution in [1.82, 2.24) is 4.98 Å². The number of sulfone groups is 1. The molecular formula is C16H10F3NO2S. The highest BCUT2D eigenvalue weighted by Crippen LogP contribution is 2.33. The van der Waals surface area contributed by atoms with E-state index in [0.717, 1.165) is 18.2 Å². The number of para-hydroxylation sites is 1. The molecule has 0 N–H and O–H groups in total. The number of aromatic nitrogens is 1. The first kappa shape index (κ1) is 15.5. The summed E-state index contributed by atoms with van der Waals surface area (Å²) in [5, 5.41) is 0.598. The van der Waals surface area contributed by atoms with Gasteiger partial charge in [0.2, 0.25) is 9.84 Å². The van der Waals surface area contributed by atoms with Crippen molar-refractivity contribution in [2.75, 3.05) is 0 Å². The largest absolute Gasteiger partial charge is 0.416 e. The first-order chi connectivity index (χ1) is 10.8. The van der Waals surface area contributed by atoms with Crippen LogP contribution in [0, 0.1) is 0 Å². The molecule has 3 aromatic rings. The lowest BCUT2D eigenvalue weighted by atomic mass is 10.2. The van der Waals surface area contributed by atoms with Gasteiger partial charge >= 0.3 is 6.18 Å². The zero-order chi connectivity index (χ0) is 16.7. The minimum Gasteiger partial charge on any atom is -0.255 e. The first-order valence-corrected chi connectivity index (χ1v) is 8.04. The molecule has 3 rings (SSSR count). The van der Waals surface area contributed by atoms with Gasteiger partial charge in [-0.15, -0.1) is 0 Å². The average Bonchev–Trinajstić information content (AvgIpc) is 2.53. The number of benzene rings is 2. The molecule has 0 atom stereocenters. The standard InChI is InChI=1S/C16H10F3NO2S/c17-16(18,19)12-6-2-7-13(10-12)23(21,22)14-8-1-4-11-5-3-9-20-15(11)14/h1-10H. The summed E-state index contributed by atoms with van der Waals surface area (Å²) in [6.45, 7) is 0. The molecule has 0 saturated heterocycles. The summed E-state index contributed by atoms with van der Waals surface area (Å²) in [5.41, 5.74) is -0.779. The predicted octanol–water partition coefficient (Wildman–Crippen LogP) is 4.09. The van der Waals surface area contributed by atoms with E-state index in [1.807, 2.05) is 0 Å².